The average Bonchev–Trinajstić information content (AvgIpc) is 2.90. The second kappa shape index (κ2) is 8.42. The number of nitrogens with one attached hydrogen (secondary N) is 1. The summed E-state index contributed by atoms with van der Waals surface area (Å²) in [6, 6.07) is -1.00. The minimum absolute atomic E-state index is 0.0728. The van der Waals surface area contributed by atoms with Crippen LogP contribution in [-0.2, 0) is 23.4 Å². The van der Waals surface area contributed by atoms with Crippen molar-refractivity contribution in [2.45, 2.75) is 62.2 Å². The number of carboxylic acids is 1. The second-order valence-electron chi connectivity index (χ2n) is 8.33. The SMILES string of the molecule is C[C@H](NP(OC[C@H]1O[C@@H](N2C=CC(N)=NC2=C=O)C(F)(F)[C@@H]1O)OC12CC(C1)C2)C(=O)O. The van der Waals surface area contributed by atoms with Gasteiger partial charge in [0.25, 0.3) is 8.53 Å². The number of nitrogens with two attached hydrogens (primary N) is 1. The number of aliphatic hydroxyl groups is 1. The van der Waals surface area contributed by atoms with Crippen molar-refractivity contribution in [1.82, 2.24) is 9.99 Å². The van der Waals surface area contributed by atoms with Crippen LogP contribution in [0.15, 0.2) is 23.1 Å². The van der Waals surface area contributed by atoms with Gasteiger partial charge in [0.15, 0.2) is 12.0 Å². The van der Waals surface area contributed by atoms with E-state index in [9.17, 15) is 23.5 Å². The number of aliphatic hydroxyl groups excluding tert-OH is 1. The molecule has 5 aliphatic rings. The summed E-state index contributed by atoms with van der Waals surface area (Å²) in [5.74, 6) is -3.50. The zero-order chi connectivity index (χ0) is 23.3. The van der Waals surface area contributed by atoms with Crippen LogP contribution in [0, 0.1) is 5.92 Å². The van der Waals surface area contributed by atoms with Crippen LogP contribution in [0.2, 0.25) is 0 Å². The maximum Gasteiger partial charge on any atom is 0.320 e. The van der Waals surface area contributed by atoms with E-state index in [1.54, 1.807) is 0 Å². The molecule has 0 radical (unpaired) electrons. The molecule has 1 saturated heterocycles. The van der Waals surface area contributed by atoms with E-state index in [-0.39, 0.29) is 11.4 Å². The molecular weight excluding hydrogens is 453 g/mol. The Morgan fingerprint density at radius 2 is 2.22 bits per heavy atom. The molecule has 0 aromatic heterocycles. The highest BCUT2D eigenvalue weighted by atomic mass is 31.2. The number of halogens is 2. The maximum absolute atomic E-state index is 14.8. The van der Waals surface area contributed by atoms with Gasteiger partial charge in [0, 0.05) is 6.20 Å². The Bertz CT molecular complexity index is 880. The summed E-state index contributed by atoms with van der Waals surface area (Å²) in [5.41, 5.74) is 5.10. The van der Waals surface area contributed by atoms with Gasteiger partial charge in [-0.3, -0.25) is 9.69 Å². The summed E-state index contributed by atoms with van der Waals surface area (Å²) < 4.78 is 46.4. The number of aliphatic imine (C=N–C) groups is 1. The molecular formula is C18H23F2N4O7P. The number of carbonyl (C=O) groups excluding carboxylic acids is 1. The van der Waals surface area contributed by atoms with Crippen LogP contribution in [0.5, 0.6) is 0 Å². The highest BCUT2D eigenvalue weighted by Crippen LogP contribution is 2.64. The van der Waals surface area contributed by atoms with E-state index in [2.05, 4.69) is 10.1 Å². The van der Waals surface area contributed by atoms with Gasteiger partial charge < -0.3 is 29.7 Å². The van der Waals surface area contributed by atoms with Crippen molar-refractivity contribution in [3.8, 4) is 0 Å². The van der Waals surface area contributed by atoms with Crippen LogP contribution in [0.1, 0.15) is 26.2 Å². The van der Waals surface area contributed by atoms with E-state index in [4.69, 9.17) is 24.6 Å². The summed E-state index contributed by atoms with van der Waals surface area (Å²) in [7, 11) is -1.95. The molecule has 2 aliphatic heterocycles. The largest absolute Gasteiger partial charge is 0.480 e. The molecule has 3 saturated carbocycles. The lowest BCUT2D eigenvalue weighted by Crippen LogP contribution is -2.59. The van der Waals surface area contributed by atoms with Crippen molar-refractivity contribution in [2.75, 3.05) is 6.61 Å². The summed E-state index contributed by atoms with van der Waals surface area (Å²) >= 11 is 0. The highest BCUT2D eigenvalue weighted by Gasteiger charge is 2.62. The molecule has 5 rings (SSSR count). The quantitative estimate of drug-likeness (QED) is 0.272. The minimum atomic E-state index is -3.79. The van der Waals surface area contributed by atoms with Crippen molar-refractivity contribution in [1.29, 1.82) is 0 Å². The fraction of sp³-hybridized carbons (Fsp3) is 0.667. The third-order valence-corrected chi connectivity index (χ3v) is 7.43. The molecule has 3 aliphatic carbocycles. The molecule has 1 unspecified atom stereocenters. The number of hydrogen-bond donors (Lipinski definition) is 4. The topological polar surface area (TPSA) is 156 Å². The Hall–Kier alpha value is -1.98. The number of amidine groups is 1. The average molecular weight is 476 g/mol. The molecule has 176 valence electrons. The highest BCUT2D eigenvalue weighted by molar-refractivity contribution is 7.45. The number of hydrogen-bond acceptors (Lipinski definition) is 10. The van der Waals surface area contributed by atoms with Gasteiger partial charge in [0.05, 0.1) is 12.2 Å². The lowest BCUT2D eigenvalue weighted by molar-refractivity contribution is -0.172. The first-order valence-corrected chi connectivity index (χ1v) is 11.1. The zero-order valence-corrected chi connectivity index (χ0v) is 17.9. The first-order chi connectivity index (χ1) is 15.0. The third kappa shape index (κ3) is 4.17. The Balaban J connectivity index is 1.42. The number of alkyl halides is 2. The monoisotopic (exact) mass is 476 g/mol. The molecule has 11 nitrogen and oxygen atoms in total. The summed E-state index contributed by atoms with van der Waals surface area (Å²) in [6.45, 7) is 0.903. The molecule has 4 fully saturated rings. The molecule has 14 heteroatoms. The van der Waals surface area contributed by atoms with Gasteiger partial charge >= 0.3 is 11.9 Å². The fourth-order valence-electron chi connectivity index (χ4n) is 3.95. The molecule has 2 bridgehead atoms. The molecule has 0 aromatic rings. The van der Waals surface area contributed by atoms with E-state index in [0.717, 1.165) is 30.4 Å². The number of rotatable bonds is 9. The summed E-state index contributed by atoms with van der Waals surface area (Å²) in [5, 5.41) is 22.0. The van der Waals surface area contributed by atoms with Gasteiger partial charge in [-0.2, -0.15) is 8.78 Å². The maximum atomic E-state index is 14.8. The lowest BCUT2D eigenvalue weighted by Gasteiger charge is -2.61. The van der Waals surface area contributed by atoms with Crippen LogP contribution in [0.4, 0.5) is 8.78 Å². The van der Waals surface area contributed by atoms with Crippen molar-refractivity contribution in [3.05, 3.63) is 18.1 Å². The lowest BCUT2D eigenvalue weighted by atomic mass is 9.52. The first kappa shape index (κ1) is 23.2. The van der Waals surface area contributed by atoms with Crippen LogP contribution < -0.4 is 10.8 Å². The zero-order valence-electron chi connectivity index (χ0n) is 17.0. The predicted octanol–water partition coefficient (Wildman–Crippen LogP) is 0.442. The Kier molecular flexibility index (Phi) is 6.10. The van der Waals surface area contributed by atoms with Gasteiger partial charge in [-0.05, 0) is 38.2 Å². The van der Waals surface area contributed by atoms with Crippen molar-refractivity contribution in [3.63, 3.8) is 0 Å². The smallest absolute Gasteiger partial charge is 0.320 e. The molecule has 0 aromatic carbocycles. The van der Waals surface area contributed by atoms with Gasteiger partial charge in [-0.25, -0.2) is 14.9 Å². The van der Waals surface area contributed by atoms with E-state index in [1.165, 1.54) is 18.9 Å². The van der Waals surface area contributed by atoms with E-state index < -0.39 is 57.3 Å². The number of ether oxygens (including phenoxy) is 1. The Morgan fingerprint density at radius 3 is 2.78 bits per heavy atom. The molecule has 0 spiro atoms. The predicted molar refractivity (Wildman–Crippen MR) is 106 cm³/mol. The van der Waals surface area contributed by atoms with Crippen molar-refractivity contribution in [2.24, 2.45) is 16.6 Å². The molecule has 5 N–H and O–H groups in total. The molecule has 5 atom stereocenters. The number of carboxylic acid groups (broad SMARTS) is 1. The number of aliphatic carboxylic acids is 1. The van der Waals surface area contributed by atoms with Gasteiger partial charge in [0.2, 0.25) is 12.0 Å². The Labute approximate surface area is 182 Å². The fourth-order valence-corrected chi connectivity index (χ4v) is 5.41. The number of carbonyl (C=O) groups is 1. The van der Waals surface area contributed by atoms with E-state index in [0.29, 0.717) is 5.92 Å². The standard InChI is InChI=1S/C18H23F2N4O7P/c1-9(15(27)28)23-32(31-17-4-10(5-17)6-17)29-8-11-14(26)18(19,20)16(30-11)24-3-2-12(21)22-13(24)7-25/h2-3,9-11,14,16,23,26H,4-6,8H2,1H3,(H2,21,22)(H,27,28)/t9-,10?,11+,14+,16+,17?,32?/m0/s1. The van der Waals surface area contributed by atoms with Crippen LogP contribution in [0.3, 0.4) is 0 Å². The van der Waals surface area contributed by atoms with E-state index in [1.807, 2.05) is 0 Å². The van der Waals surface area contributed by atoms with E-state index >= 15 is 0 Å². The summed E-state index contributed by atoms with van der Waals surface area (Å²) in [6.07, 6.45) is -0.988. The normalized spacial score (nSPS) is 36.6. The van der Waals surface area contributed by atoms with Crippen LogP contribution in [-0.4, -0.2) is 75.5 Å². The first-order valence-electron chi connectivity index (χ1n) is 9.93. The summed E-state index contributed by atoms with van der Waals surface area (Å²) in [4.78, 5) is 26.7. The van der Waals surface area contributed by atoms with Crippen molar-refractivity contribution >= 4 is 26.3 Å². The van der Waals surface area contributed by atoms with Gasteiger partial charge in [-0.1, -0.05) is 0 Å². The second-order valence-corrected chi connectivity index (χ2v) is 9.54. The van der Waals surface area contributed by atoms with Gasteiger partial charge in [-0.15, -0.1) is 0 Å². The molecule has 2 heterocycles. The molecule has 32 heavy (non-hydrogen) atoms. The number of nitrogens with zero attached hydrogens (tertiary/aromatic N) is 2. The van der Waals surface area contributed by atoms with Gasteiger partial charge in [0.1, 0.15) is 18.0 Å². The van der Waals surface area contributed by atoms with Crippen molar-refractivity contribution < 1.29 is 42.4 Å². The third-order valence-electron chi connectivity index (χ3n) is 5.89. The molecule has 0 amide bonds. The van der Waals surface area contributed by atoms with Crippen LogP contribution >= 0.6 is 8.53 Å². The van der Waals surface area contributed by atoms with Crippen LogP contribution in [0.25, 0.3) is 0 Å². The Morgan fingerprint density at radius 1 is 1.53 bits per heavy atom. The minimum Gasteiger partial charge on any atom is -0.480 e.